The highest BCUT2D eigenvalue weighted by molar-refractivity contribution is 5.73. The molecule has 22 heavy (non-hydrogen) atoms. The van der Waals surface area contributed by atoms with Gasteiger partial charge in [-0.15, -0.1) is 0 Å². The summed E-state index contributed by atoms with van der Waals surface area (Å²) >= 11 is 0. The van der Waals surface area contributed by atoms with Crippen molar-refractivity contribution >= 4 is 12.1 Å². The maximum Gasteiger partial charge on any atom is 0.411 e. The van der Waals surface area contributed by atoms with Crippen LogP contribution in [0.15, 0.2) is 24.3 Å². The SMILES string of the molecule is COc1ccc([C@H]2OC(=O)N3C[C@H](O)[C@@H](OC(C)=O)[C@@H]23)cc1. The van der Waals surface area contributed by atoms with Crippen LogP contribution in [0.5, 0.6) is 5.75 Å². The van der Waals surface area contributed by atoms with Gasteiger partial charge in [-0.3, -0.25) is 9.69 Å². The molecule has 1 amide bonds. The molecule has 7 heteroatoms. The molecule has 0 aliphatic carbocycles. The zero-order chi connectivity index (χ0) is 15.9. The van der Waals surface area contributed by atoms with Gasteiger partial charge in [-0.25, -0.2) is 4.79 Å². The van der Waals surface area contributed by atoms with E-state index in [1.54, 1.807) is 31.4 Å². The van der Waals surface area contributed by atoms with E-state index >= 15 is 0 Å². The van der Waals surface area contributed by atoms with E-state index in [9.17, 15) is 14.7 Å². The Morgan fingerprint density at radius 1 is 1.36 bits per heavy atom. The molecule has 0 radical (unpaired) electrons. The smallest absolute Gasteiger partial charge is 0.411 e. The van der Waals surface area contributed by atoms with Crippen molar-refractivity contribution in [2.75, 3.05) is 13.7 Å². The summed E-state index contributed by atoms with van der Waals surface area (Å²) in [5.74, 6) is 0.187. The number of hydrogen-bond acceptors (Lipinski definition) is 6. The van der Waals surface area contributed by atoms with Crippen LogP contribution in [0.2, 0.25) is 0 Å². The van der Waals surface area contributed by atoms with Crippen LogP contribution in [0.3, 0.4) is 0 Å². The third-order valence-corrected chi connectivity index (χ3v) is 3.98. The van der Waals surface area contributed by atoms with Gasteiger partial charge in [-0.2, -0.15) is 0 Å². The average Bonchev–Trinajstić information content (AvgIpc) is 2.97. The molecule has 0 spiro atoms. The Kier molecular flexibility index (Phi) is 3.66. The summed E-state index contributed by atoms with van der Waals surface area (Å²) in [5.41, 5.74) is 0.757. The van der Waals surface area contributed by atoms with Crippen molar-refractivity contribution in [2.24, 2.45) is 0 Å². The number of esters is 1. The third kappa shape index (κ3) is 2.37. The monoisotopic (exact) mass is 307 g/mol. The van der Waals surface area contributed by atoms with Crippen molar-refractivity contribution in [1.82, 2.24) is 4.90 Å². The standard InChI is InChI=1S/C15H17NO6/c1-8(17)21-14-11(18)7-16-12(14)13(22-15(16)19)9-3-5-10(20-2)6-4-9/h3-6,11-14,18H,7H2,1-2H3/t11-,12+,13+,14+/m0/s1. The Bertz CT molecular complexity index is 586. The van der Waals surface area contributed by atoms with Crippen LogP contribution in [-0.4, -0.2) is 54.0 Å². The van der Waals surface area contributed by atoms with E-state index in [2.05, 4.69) is 0 Å². The number of methoxy groups -OCH3 is 1. The number of aliphatic hydroxyl groups is 1. The summed E-state index contributed by atoms with van der Waals surface area (Å²) in [6.45, 7) is 1.36. The topological polar surface area (TPSA) is 85.3 Å². The maximum atomic E-state index is 12.0. The number of nitrogens with zero attached hydrogens (tertiary/aromatic N) is 1. The van der Waals surface area contributed by atoms with Crippen molar-refractivity contribution in [3.05, 3.63) is 29.8 Å². The molecule has 2 aliphatic rings. The lowest BCUT2D eigenvalue weighted by Crippen LogP contribution is -2.39. The summed E-state index contributed by atoms with van der Waals surface area (Å²) in [5, 5.41) is 10.1. The molecule has 3 rings (SSSR count). The second-order valence-electron chi connectivity index (χ2n) is 5.36. The minimum absolute atomic E-state index is 0.0914. The summed E-state index contributed by atoms with van der Waals surface area (Å²) in [6.07, 6.45) is -2.82. The molecule has 0 saturated carbocycles. The minimum Gasteiger partial charge on any atom is -0.497 e. The van der Waals surface area contributed by atoms with E-state index in [1.165, 1.54) is 11.8 Å². The van der Waals surface area contributed by atoms with Gasteiger partial charge in [-0.05, 0) is 17.7 Å². The predicted octanol–water partition coefficient (Wildman–Crippen LogP) is 0.863. The lowest BCUT2D eigenvalue weighted by molar-refractivity contribution is -0.152. The lowest BCUT2D eigenvalue weighted by atomic mass is 9.98. The fraction of sp³-hybridized carbons (Fsp3) is 0.467. The summed E-state index contributed by atoms with van der Waals surface area (Å²) < 4.78 is 15.7. The summed E-state index contributed by atoms with van der Waals surface area (Å²) in [4.78, 5) is 24.6. The van der Waals surface area contributed by atoms with Gasteiger partial charge in [0.25, 0.3) is 0 Å². The molecule has 7 nitrogen and oxygen atoms in total. The first-order chi connectivity index (χ1) is 10.5. The molecule has 2 heterocycles. The van der Waals surface area contributed by atoms with Crippen LogP contribution < -0.4 is 4.74 Å². The van der Waals surface area contributed by atoms with Gasteiger partial charge in [0, 0.05) is 6.92 Å². The molecule has 0 bridgehead atoms. The van der Waals surface area contributed by atoms with Crippen LogP contribution in [0, 0.1) is 0 Å². The molecule has 0 unspecified atom stereocenters. The number of amides is 1. The van der Waals surface area contributed by atoms with Crippen LogP contribution in [-0.2, 0) is 14.3 Å². The maximum absolute atomic E-state index is 12.0. The number of hydrogen-bond donors (Lipinski definition) is 1. The van der Waals surface area contributed by atoms with Gasteiger partial charge in [0.1, 0.15) is 17.9 Å². The van der Waals surface area contributed by atoms with Crippen molar-refractivity contribution < 1.29 is 28.9 Å². The van der Waals surface area contributed by atoms with E-state index < -0.39 is 36.4 Å². The van der Waals surface area contributed by atoms with E-state index in [1.807, 2.05) is 0 Å². The van der Waals surface area contributed by atoms with Gasteiger partial charge < -0.3 is 19.3 Å². The summed E-state index contributed by atoms with van der Waals surface area (Å²) in [7, 11) is 1.57. The molecule has 118 valence electrons. The van der Waals surface area contributed by atoms with Crippen molar-refractivity contribution in [1.29, 1.82) is 0 Å². The minimum atomic E-state index is -0.914. The van der Waals surface area contributed by atoms with Crippen LogP contribution in [0.25, 0.3) is 0 Å². The number of rotatable bonds is 3. The highest BCUT2D eigenvalue weighted by atomic mass is 16.6. The largest absolute Gasteiger partial charge is 0.497 e. The second kappa shape index (κ2) is 5.49. The van der Waals surface area contributed by atoms with E-state index in [0.29, 0.717) is 5.75 Å². The number of benzene rings is 1. The van der Waals surface area contributed by atoms with Crippen molar-refractivity contribution in [2.45, 2.75) is 31.3 Å². The van der Waals surface area contributed by atoms with Gasteiger partial charge in [0.05, 0.1) is 13.7 Å². The third-order valence-electron chi connectivity index (χ3n) is 3.98. The number of fused-ring (bicyclic) bond motifs is 1. The van der Waals surface area contributed by atoms with Crippen LogP contribution in [0.4, 0.5) is 4.79 Å². The summed E-state index contributed by atoms with van der Waals surface area (Å²) in [6, 6.07) is 6.57. The average molecular weight is 307 g/mol. The number of carbonyl (C=O) groups is 2. The van der Waals surface area contributed by atoms with E-state index in [0.717, 1.165) is 5.56 Å². The molecule has 1 N–H and O–H groups in total. The van der Waals surface area contributed by atoms with Gasteiger partial charge in [0.2, 0.25) is 0 Å². The Labute approximate surface area is 127 Å². The first-order valence-corrected chi connectivity index (χ1v) is 6.97. The number of ether oxygens (including phenoxy) is 3. The zero-order valence-corrected chi connectivity index (χ0v) is 12.3. The number of cyclic esters (lactones) is 1. The van der Waals surface area contributed by atoms with E-state index in [4.69, 9.17) is 14.2 Å². The highest BCUT2D eigenvalue weighted by Crippen LogP contribution is 2.40. The normalized spacial score (nSPS) is 30.0. The lowest BCUT2D eigenvalue weighted by Gasteiger charge is -2.24. The Morgan fingerprint density at radius 3 is 2.64 bits per heavy atom. The van der Waals surface area contributed by atoms with Crippen LogP contribution in [0.1, 0.15) is 18.6 Å². The molecule has 2 fully saturated rings. The molecule has 2 aliphatic heterocycles. The van der Waals surface area contributed by atoms with E-state index in [-0.39, 0.29) is 6.54 Å². The molecular weight excluding hydrogens is 290 g/mol. The first kappa shape index (κ1) is 14.6. The Morgan fingerprint density at radius 2 is 2.05 bits per heavy atom. The zero-order valence-electron chi connectivity index (χ0n) is 12.3. The molecule has 1 aromatic rings. The van der Waals surface area contributed by atoms with Gasteiger partial charge >= 0.3 is 12.1 Å². The molecule has 2 saturated heterocycles. The van der Waals surface area contributed by atoms with Crippen LogP contribution >= 0.6 is 0 Å². The number of aliphatic hydroxyl groups excluding tert-OH is 1. The Balaban J connectivity index is 1.90. The Hall–Kier alpha value is -2.28. The second-order valence-corrected chi connectivity index (χ2v) is 5.36. The fourth-order valence-electron chi connectivity index (χ4n) is 3.01. The quantitative estimate of drug-likeness (QED) is 0.834. The highest BCUT2D eigenvalue weighted by Gasteiger charge is 2.56. The first-order valence-electron chi connectivity index (χ1n) is 6.97. The molecule has 4 atom stereocenters. The molecule has 1 aromatic carbocycles. The van der Waals surface area contributed by atoms with Gasteiger partial charge in [0.15, 0.2) is 12.2 Å². The van der Waals surface area contributed by atoms with Crippen molar-refractivity contribution in [3.63, 3.8) is 0 Å². The number of carbonyl (C=O) groups excluding carboxylic acids is 2. The predicted molar refractivity (Wildman–Crippen MR) is 74.3 cm³/mol. The molecule has 0 aromatic heterocycles. The van der Waals surface area contributed by atoms with Crippen molar-refractivity contribution in [3.8, 4) is 5.75 Å². The van der Waals surface area contributed by atoms with Gasteiger partial charge in [-0.1, -0.05) is 12.1 Å². The fourth-order valence-corrected chi connectivity index (χ4v) is 3.01. The molecular formula is C15H17NO6.